The van der Waals surface area contributed by atoms with Crippen LogP contribution < -0.4 is 5.32 Å². The minimum Gasteiger partial charge on any atom is -0.346 e. The molecule has 0 aliphatic heterocycles. The summed E-state index contributed by atoms with van der Waals surface area (Å²) in [6.45, 7) is 0.0886. The van der Waals surface area contributed by atoms with Crippen molar-refractivity contribution in [1.82, 2.24) is 9.62 Å². The maximum Gasteiger partial charge on any atom is 0.416 e. The molecule has 1 aromatic rings. The number of carbonyl (C=O) groups excluding carboxylic acids is 1. The highest BCUT2D eigenvalue weighted by Gasteiger charge is 2.34. The van der Waals surface area contributed by atoms with Crippen molar-refractivity contribution in [3.05, 3.63) is 42.5 Å². The van der Waals surface area contributed by atoms with E-state index >= 15 is 0 Å². The first kappa shape index (κ1) is 22.0. The first-order valence-electron chi connectivity index (χ1n) is 6.89. The highest BCUT2D eigenvalue weighted by atomic mass is 32.2. The van der Waals surface area contributed by atoms with Crippen LogP contribution in [0.25, 0.3) is 0 Å². The smallest absolute Gasteiger partial charge is 0.346 e. The van der Waals surface area contributed by atoms with Gasteiger partial charge in [-0.15, -0.1) is 6.58 Å². The number of amides is 1. The van der Waals surface area contributed by atoms with E-state index in [1.165, 1.54) is 5.32 Å². The van der Waals surface area contributed by atoms with Gasteiger partial charge in [-0.3, -0.25) is 4.79 Å². The molecule has 0 aliphatic carbocycles. The van der Waals surface area contributed by atoms with Gasteiger partial charge in [-0.1, -0.05) is 12.1 Å². The lowest BCUT2D eigenvalue weighted by Crippen LogP contribution is -2.43. The number of carbonyl (C=O) groups is 1. The third-order valence-electron chi connectivity index (χ3n) is 2.94. The number of halogens is 6. The zero-order chi connectivity index (χ0) is 20.2. The van der Waals surface area contributed by atoms with Gasteiger partial charge >= 0.3 is 12.4 Å². The molecular weight excluding hydrogens is 390 g/mol. The van der Waals surface area contributed by atoms with E-state index < -0.39 is 58.4 Å². The summed E-state index contributed by atoms with van der Waals surface area (Å²) in [5, 5.41) is 1.49. The van der Waals surface area contributed by atoms with Gasteiger partial charge in [0.2, 0.25) is 15.9 Å². The zero-order valence-electron chi connectivity index (χ0n) is 13.1. The van der Waals surface area contributed by atoms with E-state index in [0.717, 1.165) is 18.2 Å². The van der Waals surface area contributed by atoms with Gasteiger partial charge in [-0.25, -0.2) is 8.42 Å². The molecule has 12 heteroatoms. The minimum absolute atomic E-state index is 0.374. The number of sulfonamides is 1. The number of nitrogens with one attached hydrogen (secondary N) is 1. The maximum atomic E-state index is 12.7. The van der Waals surface area contributed by atoms with Crippen molar-refractivity contribution >= 4 is 15.9 Å². The predicted octanol–water partition coefficient (Wildman–Crippen LogP) is 2.56. The third kappa shape index (κ3) is 6.33. The van der Waals surface area contributed by atoms with Gasteiger partial charge in [0.25, 0.3) is 0 Å². The average Bonchev–Trinajstić information content (AvgIpc) is 2.51. The van der Waals surface area contributed by atoms with Crippen LogP contribution in [-0.2, 0) is 21.0 Å². The molecule has 146 valence electrons. The summed E-state index contributed by atoms with van der Waals surface area (Å²) in [4.78, 5) is 10.8. The van der Waals surface area contributed by atoms with E-state index in [1.54, 1.807) is 0 Å². The van der Waals surface area contributed by atoms with E-state index in [0.29, 0.717) is 16.4 Å². The van der Waals surface area contributed by atoms with Gasteiger partial charge in [0.1, 0.15) is 6.54 Å². The Kier molecular flexibility index (Phi) is 6.82. The Labute approximate surface area is 145 Å². The normalized spacial score (nSPS) is 12.9. The standard InChI is InChI=1S/C14H14F6N2O3S/c1-2-6-22(8-12(23)21-9-13(15,16)17)26(24,25)11-5-3-4-10(7-11)14(18,19)20/h2-5,7H,1,6,8-9H2,(H,21,23). The van der Waals surface area contributed by atoms with E-state index in [9.17, 15) is 39.6 Å². The van der Waals surface area contributed by atoms with Crippen molar-refractivity contribution in [3.8, 4) is 0 Å². The predicted molar refractivity (Wildman–Crippen MR) is 79.5 cm³/mol. The number of nitrogens with zero attached hydrogens (tertiary/aromatic N) is 1. The fourth-order valence-electron chi connectivity index (χ4n) is 1.79. The summed E-state index contributed by atoms with van der Waals surface area (Å²) in [5.41, 5.74) is -1.22. The van der Waals surface area contributed by atoms with Gasteiger partial charge in [0.05, 0.1) is 17.0 Å². The number of rotatable bonds is 7. The Bertz CT molecular complexity index is 759. The van der Waals surface area contributed by atoms with Gasteiger partial charge < -0.3 is 5.32 Å². The number of alkyl halides is 6. The Morgan fingerprint density at radius 2 is 1.81 bits per heavy atom. The maximum absolute atomic E-state index is 12.7. The fourth-order valence-corrected chi connectivity index (χ4v) is 3.20. The molecule has 1 amide bonds. The number of hydrogen-bond donors (Lipinski definition) is 1. The Hall–Kier alpha value is -2.08. The first-order valence-corrected chi connectivity index (χ1v) is 8.33. The summed E-state index contributed by atoms with van der Waals surface area (Å²) in [7, 11) is -4.57. The molecule has 0 fully saturated rings. The summed E-state index contributed by atoms with van der Waals surface area (Å²) in [5.74, 6) is -1.26. The molecular formula is C14H14F6N2O3S. The van der Waals surface area contributed by atoms with Crippen molar-refractivity contribution in [1.29, 1.82) is 0 Å². The lowest BCUT2D eigenvalue weighted by atomic mass is 10.2. The zero-order valence-corrected chi connectivity index (χ0v) is 13.9. The van der Waals surface area contributed by atoms with Crippen LogP contribution in [0.1, 0.15) is 5.56 Å². The monoisotopic (exact) mass is 404 g/mol. The second kappa shape index (κ2) is 8.08. The molecule has 0 saturated carbocycles. The van der Waals surface area contributed by atoms with E-state index in [4.69, 9.17) is 0 Å². The van der Waals surface area contributed by atoms with Crippen LogP contribution in [0.4, 0.5) is 26.3 Å². The molecule has 1 aromatic carbocycles. The van der Waals surface area contributed by atoms with Gasteiger partial charge in [-0.05, 0) is 18.2 Å². The van der Waals surface area contributed by atoms with Crippen molar-refractivity contribution in [2.24, 2.45) is 0 Å². The molecule has 0 bridgehead atoms. The quantitative estimate of drug-likeness (QED) is 0.561. The molecule has 1 rings (SSSR count). The Balaban J connectivity index is 3.08. The van der Waals surface area contributed by atoms with Crippen LogP contribution in [-0.4, -0.2) is 44.4 Å². The van der Waals surface area contributed by atoms with E-state index in [2.05, 4.69) is 6.58 Å². The Morgan fingerprint density at radius 1 is 1.19 bits per heavy atom. The second-order valence-corrected chi connectivity index (χ2v) is 6.94. The molecule has 0 saturated heterocycles. The molecule has 0 radical (unpaired) electrons. The van der Waals surface area contributed by atoms with Crippen LogP contribution in [0.15, 0.2) is 41.8 Å². The van der Waals surface area contributed by atoms with Gasteiger partial charge in [-0.2, -0.15) is 30.6 Å². The van der Waals surface area contributed by atoms with Crippen LogP contribution in [0, 0.1) is 0 Å². The summed E-state index contributed by atoms with van der Waals surface area (Å²) in [6, 6.07) is 2.78. The van der Waals surface area contributed by atoms with Crippen molar-refractivity contribution in [2.45, 2.75) is 17.2 Å². The molecule has 5 nitrogen and oxygen atoms in total. The highest BCUT2D eigenvalue weighted by Crippen LogP contribution is 2.31. The molecule has 0 heterocycles. The van der Waals surface area contributed by atoms with Crippen LogP contribution in [0.5, 0.6) is 0 Å². The molecule has 0 unspecified atom stereocenters. The summed E-state index contributed by atoms with van der Waals surface area (Å²) < 4.78 is 99.8. The lowest BCUT2D eigenvalue weighted by Gasteiger charge is -2.21. The van der Waals surface area contributed by atoms with Crippen molar-refractivity contribution < 1.29 is 39.6 Å². The van der Waals surface area contributed by atoms with Crippen molar-refractivity contribution in [3.63, 3.8) is 0 Å². The number of benzene rings is 1. The molecule has 26 heavy (non-hydrogen) atoms. The highest BCUT2D eigenvalue weighted by molar-refractivity contribution is 7.89. The molecule has 0 aliphatic rings. The van der Waals surface area contributed by atoms with Gasteiger partial charge in [0, 0.05) is 6.54 Å². The number of hydrogen-bond acceptors (Lipinski definition) is 3. The largest absolute Gasteiger partial charge is 0.416 e. The molecule has 1 N–H and O–H groups in total. The van der Waals surface area contributed by atoms with E-state index in [-0.39, 0.29) is 0 Å². The molecule has 0 atom stereocenters. The third-order valence-corrected chi connectivity index (χ3v) is 4.75. The van der Waals surface area contributed by atoms with Crippen molar-refractivity contribution in [2.75, 3.05) is 19.6 Å². The molecule has 0 aromatic heterocycles. The van der Waals surface area contributed by atoms with Gasteiger partial charge in [0.15, 0.2) is 0 Å². The SMILES string of the molecule is C=CCN(CC(=O)NCC(F)(F)F)S(=O)(=O)c1cccc(C(F)(F)F)c1. The lowest BCUT2D eigenvalue weighted by molar-refractivity contribution is -0.138. The van der Waals surface area contributed by atoms with Crippen LogP contribution >= 0.6 is 0 Å². The first-order chi connectivity index (χ1) is 11.8. The average molecular weight is 404 g/mol. The summed E-state index contributed by atoms with van der Waals surface area (Å²) >= 11 is 0. The second-order valence-electron chi connectivity index (χ2n) is 5.00. The topological polar surface area (TPSA) is 66.5 Å². The Morgan fingerprint density at radius 3 is 2.31 bits per heavy atom. The minimum atomic E-state index is -4.79. The fraction of sp³-hybridized carbons (Fsp3) is 0.357. The van der Waals surface area contributed by atoms with Crippen LogP contribution in [0.2, 0.25) is 0 Å². The summed E-state index contributed by atoms with van der Waals surface area (Å²) in [6.07, 6.45) is -8.44. The van der Waals surface area contributed by atoms with Crippen LogP contribution in [0.3, 0.4) is 0 Å². The van der Waals surface area contributed by atoms with E-state index in [1.807, 2.05) is 0 Å². The molecule has 0 spiro atoms.